The van der Waals surface area contributed by atoms with Gasteiger partial charge in [0.05, 0.1) is 0 Å². The summed E-state index contributed by atoms with van der Waals surface area (Å²) in [5.74, 6) is 1.11. The molecule has 1 aliphatic heterocycles. The van der Waals surface area contributed by atoms with E-state index in [-0.39, 0.29) is 58.2 Å². The van der Waals surface area contributed by atoms with Crippen LogP contribution in [0.3, 0.4) is 0 Å². The smallest absolute Gasteiger partial charge is 0.677 e. The van der Waals surface area contributed by atoms with Crippen molar-refractivity contribution in [1.82, 2.24) is 9.80 Å². The predicted molar refractivity (Wildman–Crippen MR) is 84.7 cm³/mol. The zero-order valence-electron chi connectivity index (χ0n) is 14.4. The first-order valence-corrected chi connectivity index (χ1v) is 8.28. The average Bonchev–Trinajstić information content (AvgIpc) is 2.44. The van der Waals surface area contributed by atoms with Crippen molar-refractivity contribution < 1.29 is 63.0 Å². The second-order valence-corrected chi connectivity index (χ2v) is 6.32. The van der Waals surface area contributed by atoms with E-state index >= 15 is 0 Å². The number of rotatable bonds is 9. The Labute approximate surface area is 180 Å². The quantitative estimate of drug-likeness (QED) is 0.546. The number of carbonyl (C=O) groups is 1. The Balaban J connectivity index is 0.00000400. The maximum absolute atomic E-state index is 12.0. The third kappa shape index (κ3) is 10.6. The second-order valence-electron chi connectivity index (χ2n) is 6.32. The molecule has 5 heteroatoms. The SMILES string of the molecule is CC(C)CCCN1CCN(C(=O)CCCCC[NH-])CC1.[Rb+]. The molecule has 1 amide bonds. The fraction of sp³-hybridized carbons (Fsp3) is 0.938. The van der Waals surface area contributed by atoms with Gasteiger partial charge in [0, 0.05) is 32.6 Å². The molecule has 0 atom stereocenters. The van der Waals surface area contributed by atoms with Crippen LogP contribution in [0.15, 0.2) is 0 Å². The molecule has 0 aromatic rings. The maximum Gasteiger partial charge on any atom is 1.00 e. The summed E-state index contributed by atoms with van der Waals surface area (Å²) in [4.78, 5) is 16.6. The number of hydrogen-bond donors (Lipinski definition) is 0. The molecule has 0 saturated carbocycles. The number of hydrogen-bond acceptors (Lipinski definition) is 2. The fourth-order valence-electron chi connectivity index (χ4n) is 2.68. The van der Waals surface area contributed by atoms with E-state index in [0.29, 0.717) is 18.9 Å². The van der Waals surface area contributed by atoms with Gasteiger partial charge in [0.25, 0.3) is 0 Å². The maximum atomic E-state index is 12.0. The Kier molecular flexibility index (Phi) is 14.4. The van der Waals surface area contributed by atoms with Crippen molar-refractivity contribution in [1.29, 1.82) is 0 Å². The van der Waals surface area contributed by atoms with E-state index in [9.17, 15) is 4.79 Å². The van der Waals surface area contributed by atoms with E-state index in [2.05, 4.69) is 18.7 Å². The van der Waals surface area contributed by atoms with Gasteiger partial charge in [0.1, 0.15) is 0 Å². The van der Waals surface area contributed by atoms with Crippen molar-refractivity contribution in [2.75, 3.05) is 39.3 Å². The first-order valence-electron chi connectivity index (χ1n) is 8.28. The molecule has 0 bridgehead atoms. The zero-order valence-corrected chi connectivity index (χ0v) is 19.3. The van der Waals surface area contributed by atoms with Gasteiger partial charge in [-0.1, -0.05) is 26.7 Å². The van der Waals surface area contributed by atoms with Crippen LogP contribution >= 0.6 is 0 Å². The summed E-state index contributed by atoms with van der Waals surface area (Å²) in [5.41, 5.74) is 7.09. The Morgan fingerprint density at radius 3 is 2.29 bits per heavy atom. The van der Waals surface area contributed by atoms with Crippen LogP contribution in [0.1, 0.15) is 52.4 Å². The van der Waals surface area contributed by atoms with E-state index in [1.165, 1.54) is 19.4 Å². The third-order valence-corrected chi connectivity index (χ3v) is 4.05. The molecule has 1 heterocycles. The van der Waals surface area contributed by atoms with Gasteiger partial charge in [-0.25, -0.2) is 0 Å². The first kappa shape index (κ1) is 22.2. The third-order valence-electron chi connectivity index (χ3n) is 4.05. The van der Waals surface area contributed by atoms with Crippen molar-refractivity contribution in [3.05, 3.63) is 5.73 Å². The monoisotopic (exact) mass is 367 g/mol. The zero-order chi connectivity index (χ0) is 14.8. The largest absolute Gasteiger partial charge is 1.00 e. The standard InChI is InChI=1S/C16H32N3O.Rb/c1-15(2)7-6-10-18-11-13-19(14-12-18)16(20)8-4-3-5-9-17;/h15,17H,3-14H2,1-2H3;/q-1;+1. The van der Waals surface area contributed by atoms with Crippen LogP contribution in [0, 0.1) is 5.92 Å². The van der Waals surface area contributed by atoms with Gasteiger partial charge < -0.3 is 10.6 Å². The molecule has 1 rings (SSSR count). The minimum absolute atomic E-state index is 0. The first-order chi connectivity index (χ1) is 9.63. The molecule has 0 aromatic heterocycles. The molecule has 4 nitrogen and oxygen atoms in total. The van der Waals surface area contributed by atoms with Crippen LogP contribution in [0.2, 0.25) is 0 Å². The van der Waals surface area contributed by atoms with E-state index < -0.39 is 0 Å². The second kappa shape index (κ2) is 13.6. The van der Waals surface area contributed by atoms with Gasteiger partial charge in [-0.3, -0.25) is 9.69 Å². The average molecular weight is 368 g/mol. The molecule has 1 saturated heterocycles. The molecule has 0 aromatic carbocycles. The van der Waals surface area contributed by atoms with Gasteiger partial charge in [-0.15, -0.1) is 0 Å². The van der Waals surface area contributed by atoms with Crippen LogP contribution in [-0.2, 0) is 4.79 Å². The number of amides is 1. The summed E-state index contributed by atoms with van der Waals surface area (Å²) >= 11 is 0. The number of piperazine rings is 1. The molecule has 0 aliphatic carbocycles. The summed E-state index contributed by atoms with van der Waals surface area (Å²) in [7, 11) is 0. The summed E-state index contributed by atoms with van der Waals surface area (Å²) in [6.45, 7) is 10.1. The van der Waals surface area contributed by atoms with Crippen LogP contribution in [0.25, 0.3) is 5.73 Å². The molecule has 0 unspecified atom stereocenters. The van der Waals surface area contributed by atoms with Crippen LogP contribution < -0.4 is 58.2 Å². The molecule has 1 N–H and O–H groups in total. The molecule has 1 fully saturated rings. The summed E-state index contributed by atoms with van der Waals surface area (Å²) in [6, 6.07) is 0. The van der Waals surface area contributed by atoms with Gasteiger partial charge in [-0.05, 0) is 31.7 Å². The number of carbonyl (C=O) groups excluding carboxylic acids is 1. The summed E-state index contributed by atoms with van der Waals surface area (Å²) in [5, 5.41) is 0. The van der Waals surface area contributed by atoms with Crippen molar-refractivity contribution in [2.45, 2.75) is 52.4 Å². The topological polar surface area (TPSA) is 47.4 Å². The van der Waals surface area contributed by atoms with Crippen molar-refractivity contribution in [3.8, 4) is 0 Å². The van der Waals surface area contributed by atoms with Crippen LogP contribution in [0.5, 0.6) is 0 Å². The minimum Gasteiger partial charge on any atom is -0.677 e. The van der Waals surface area contributed by atoms with E-state index in [1.54, 1.807) is 0 Å². The normalized spacial score (nSPS) is 16.1. The number of nitrogens with one attached hydrogen (secondary N) is 1. The van der Waals surface area contributed by atoms with Gasteiger partial charge in [-0.2, -0.15) is 6.54 Å². The van der Waals surface area contributed by atoms with Gasteiger partial charge in [0.2, 0.25) is 5.91 Å². The Morgan fingerprint density at radius 2 is 1.71 bits per heavy atom. The van der Waals surface area contributed by atoms with Crippen LogP contribution in [-0.4, -0.2) is 55.0 Å². The van der Waals surface area contributed by atoms with E-state index in [1.807, 2.05) is 4.90 Å². The molecule has 1 aliphatic rings. The predicted octanol–water partition coefficient (Wildman–Crippen LogP) is 0.183. The molecular formula is C16H32N3ORb. The van der Waals surface area contributed by atoms with Gasteiger partial charge in [0.15, 0.2) is 0 Å². The number of nitrogens with zero attached hydrogens (tertiary/aromatic N) is 2. The molecular weight excluding hydrogens is 336 g/mol. The van der Waals surface area contributed by atoms with Gasteiger partial charge >= 0.3 is 58.2 Å². The number of unbranched alkanes of at least 4 members (excludes halogenated alkanes) is 2. The Bertz CT molecular complexity index is 266. The summed E-state index contributed by atoms with van der Waals surface area (Å²) < 4.78 is 0. The van der Waals surface area contributed by atoms with Crippen LogP contribution in [0.4, 0.5) is 0 Å². The molecule has 0 spiro atoms. The van der Waals surface area contributed by atoms with Crippen molar-refractivity contribution in [2.24, 2.45) is 5.92 Å². The Hall–Kier alpha value is 1.20. The fourth-order valence-corrected chi connectivity index (χ4v) is 2.68. The molecule has 118 valence electrons. The van der Waals surface area contributed by atoms with E-state index in [4.69, 9.17) is 5.73 Å². The molecule has 21 heavy (non-hydrogen) atoms. The van der Waals surface area contributed by atoms with Crippen molar-refractivity contribution >= 4 is 5.91 Å². The Morgan fingerprint density at radius 1 is 1.05 bits per heavy atom. The minimum atomic E-state index is 0. The molecule has 0 radical (unpaired) electrons. The van der Waals surface area contributed by atoms with Crippen molar-refractivity contribution in [3.63, 3.8) is 0 Å². The van der Waals surface area contributed by atoms with E-state index in [0.717, 1.165) is 51.4 Å². The summed E-state index contributed by atoms with van der Waals surface area (Å²) in [6.07, 6.45) is 6.15.